The summed E-state index contributed by atoms with van der Waals surface area (Å²) in [5.74, 6) is 2.14. The number of hydrogen-bond acceptors (Lipinski definition) is 4. The largest absolute Gasteiger partial charge is 0.351 e. The Bertz CT molecular complexity index is 694. The molecule has 0 spiro atoms. The fourth-order valence-corrected chi connectivity index (χ4v) is 3.92. The van der Waals surface area contributed by atoms with Crippen molar-refractivity contribution in [3.05, 3.63) is 41.2 Å². The quantitative estimate of drug-likeness (QED) is 0.707. The van der Waals surface area contributed by atoms with Gasteiger partial charge in [-0.05, 0) is 30.4 Å². The molecule has 5 nitrogen and oxygen atoms in total. The van der Waals surface area contributed by atoms with Crippen molar-refractivity contribution < 1.29 is 4.79 Å². The minimum atomic E-state index is 0.00515. The van der Waals surface area contributed by atoms with Gasteiger partial charge in [-0.25, -0.2) is 4.98 Å². The zero-order valence-electron chi connectivity index (χ0n) is 14.8. The Kier molecular flexibility index (Phi) is 6.50. The minimum Gasteiger partial charge on any atom is -0.351 e. The number of benzene rings is 1. The van der Waals surface area contributed by atoms with E-state index in [0.29, 0.717) is 17.5 Å². The van der Waals surface area contributed by atoms with E-state index in [1.165, 1.54) is 49.4 Å². The van der Waals surface area contributed by atoms with Crippen LogP contribution in [-0.4, -0.2) is 26.8 Å². The molecule has 0 atom stereocenters. The van der Waals surface area contributed by atoms with E-state index in [2.05, 4.69) is 33.5 Å². The van der Waals surface area contributed by atoms with Gasteiger partial charge in [0.1, 0.15) is 5.82 Å². The van der Waals surface area contributed by atoms with E-state index < -0.39 is 0 Å². The lowest BCUT2D eigenvalue weighted by atomic mass is 10.0. The molecule has 1 aromatic heterocycles. The average molecular weight is 359 g/mol. The highest BCUT2D eigenvalue weighted by Crippen LogP contribution is 2.28. The molecule has 134 valence electrons. The lowest BCUT2D eigenvalue weighted by molar-refractivity contribution is -0.118. The van der Waals surface area contributed by atoms with Crippen molar-refractivity contribution in [2.24, 2.45) is 5.92 Å². The number of rotatable bonds is 8. The van der Waals surface area contributed by atoms with Crippen LogP contribution in [0, 0.1) is 12.8 Å². The first-order chi connectivity index (χ1) is 12.2. The van der Waals surface area contributed by atoms with Crippen molar-refractivity contribution >= 4 is 17.7 Å². The number of nitrogens with one attached hydrogen (secondary N) is 2. The molecular formula is C19H26N4OS. The number of aromatic amines is 1. The molecule has 3 rings (SSSR count). The number of aryl methyl sites for hydroxylation is 2. The van der Waals surface area contributed by atoms with Crippen LogP contribution in [0.25, 0.3) is 0 Å². The highest BCUT2D eigenvalue weighted by atomic mass is 32.2. The Morgan fingerprint density at radius 3 is 2.92 bits per heavy atom. The van der Waals surface area contributed by atoms with Gasteiger partial charge in [-0.1, -0.05) is 61.7 Å². The van der Waals surface area contributed by atoms with Gasteiger partial charge < -0.3 is 5.32 Å². The Hall–Kier alpha value is -1.82. The Balaban J connectivity index is 1.38. The van der Waals surface area contributed by atoms with Crippen LogP contribution in [0.4, 0.5) is 0 Å². The summed E-state index contributed by atoms with van der Waals surface area (Å²) in [4.78, 5) is 16.5. The van der Waals surface area contributed by atoms with Crippen molar-refractivity contribution in [3.8, 4) is 0 Å². The summed E-state index contributed by atoms with van der Waals surface area (Å²) in [6.45, 7) is 2.61. The Labute approximate surface area is 153 Å². The smallest absolute Gasteiger partial charge is 0.230 e. The zero-order valence-corrected chi connectivity index (χ0v) is 15.6. The second-order valence-electron chi connectivity index (χ2n) is 6.75. The van der Waals surface area contributed by atoms with E-state index >= 15 is 0 Å². The second kappa shape index (κ2) is 9.04. The minimum absolute atomic E-state index is 0.00515. The fraction of sp³-hybridized carbons (Fsp3) is 0.526. The van der Waals surface area contributed by atoms with Crippen LogP contribution in [0.5, 0.6) is 0 Å². The molecule has 1 aliphatic carbocycles. The van der Waals surface area contributed by atoms with Crippen LogP contribution >= 0.6 is 11.8 Å². The van der Waals surface area contributed by atoms with Crippen molar-refractivity contribution in [2.75, 3.05) is 5.75 Å². The van der Waals surface area contributed by atoms with Crippen molar-refractivity contribution in [2.45, 2.75) is 57.1 Å². The summed E-state index contributed by atoms with van der Waals surface area (Å²) >= 11 is 1.38. The molecule has 2 N–H and O–H groups in total. The number of hydrogen-bond donors (Lipinski definition) is 2. The van der Waals surface area contributed by atoms with Gasteiger partial charge in [-0.2, -0.15) is 0 Å². The molecule has 0 unspecified atom stereocenters. The highest BCUT2D eigenvalue weighted by Gasteiger charge is 2.16. The molecule has 0 saturated heterocycles. The normalized spacial score (nSPS) is 14.8. The van der Waals surface area contributed by atoms with E-state index in [9.17, 15) is 4.79 Å². The molecule has 0 aliphatic heterocycles. The molecule has 25 heavy (non-hydrogen) atoms. The van der Waals surface area contributed by atoms with Gasteiger partial charge in [0, 0.05) is 13.0 Å². The lowest BCUT2D eigenvalue weighted by Crippen LogP contribution is -2.24. The van der Waals surface area contributed by atoms with E-state index in [0.717, 1.165) is 23.7 Å². The third-order valence-corrected chi connectivity index (χ3v) is 5.69. The molecule has 1 fully saturated rings. The van der Waals surface area contributed by atoms with Crippen LogP contribution in [0.3, 0.4) is 0 Å². The summed E-state index contributed by atoms with van der Waals surface area (Å²) in [6, 6.07) is 8.08. The predicted molar refractivity (Wildman–Crippen MR) is 100 cm³/mol. The van der Waals surface area contributed by atoms with Gasteiger partial charge in [0.05, 0.1) is 5.75 Å². The molecule has 1 aliphatic rings. The van der Waals surface area contributed by atoms with Gasteiger partial charge in [0.15, 0.2) is 0 Å². The maximum atomic E-state index is 12.0. The molecule has 2 aromatic rings. The number of aromatic nitrogens is 3. The molecular weight excluding hydrogens is 332 g/mol. The SMILES string of the molecule is Cc1ccccc1CNC(=O)CSc1n[nH]c(CCC2CCCC2)n1. The van der Waals surface area contributed by atoms with Gasteiger partial charge in [0.25, 0.3) is 0 Å². The van der Waals surface area contributed by atoms with Gasteiger partial charge >= 0.3 is 0 Å². The Morgan fingerprint density at radius 2 is 2.12 bits per heavy atom. The Morgan fingerprint density at radius 1 is 1.32 bits per heavy atom. The average Bonchev–Trinajstić information content (AvgIpc) is 3.29. The van der Waals surface area contributed by atoms with Gasteiger partial charge in [-0.15, -0.1) is 5.10 Å². The van der Waals surface area contributed by atoms with Crippen LogP contribution < -0.4 is 5.32 Å². The third kappa shape index (κ3) is 5.59. The summed E-state index contributed by atoms with van der Waals surface area (Å²) in [5, 5.41) is 10.8. The fourth-order valence-electron chi connectivity index (χ4n) is 3.28. The standard InChI is InChI=1S/C19H26N4OS/c1-14-6-2-5-9-16(14)12-20-18(24)13-25-19-21-17(22-23-19)11-10-15-7-3-4-8-15/h2,5-6,9,15H,3-4,7-8,10-13H2,1H3,(H,20,24)(H,21,22,23). The topological polar surface area (TPSA) is 70.7 Å². The molecule has 1 heterocycles. The first-order valence-electron chi connectivity index (χ1n) is 9.06. The zero-order chi connectivity index (χ0) is 17.5. The van der Waals surface area contributed by atoms with E-state index in [4.69, 9.17) is 0 Å². The molecule has 0 bridgehead atoms. The first kappa shape index (κ1) is 18.0. The summed E-state index contributed by atoms with van der Waals surface area (Å²) < 4.78 is 0. The number of H-pyrrole nitrogens is 1. The number of amides is 1. The van der Waals surface area contributed by atoms with E-state index in [-0.39, 0.29) is 5.91 Å². The number of carbonyl (C=O) groups excluding carboxylic acids is 1. The maximum absolute atomic E-state index is 12.0. The van der Waals surface area contributed by atoms with Crippen LogP contribution in [0.2, 0.25) is 0 Å². The summed E-state index contributed by atoms with van der Waals surface area (Å²) in [6.07, 6.45) is 7.61. The summed E-state index contributed by atoms with van der Waals surface area (Å²) in [7, 11) is 0. The van der Waals surface area contributed by atoms with E-state index in [1.807, 2.05) is 18.2 Å². The number of nitrogens with zero attached hydrogens (tertiary/aromatic N) is 2. The second-order valence-corrected chi connectivity index (χ2v) is 7.69. The summed E-state index contributed by atoms with van der Waals surface area (Å²) in [5.41, 5.74) is 2.34. The molecule has 1 amide bonds. The van der Waals surface area contributed by atoms with Crippen molar-refractivity contribution in [1.82, 2.24) is 20.5 Å². The van der Waals surface area contributed by atoms with Crippen molar-refractivity contribution in [3.63, 3.8) is 0 Å². The van der Waals surface area contributed by atoms with Gasteiger partial charge in [0.2, 0.25) is 11.1 Å². The van der Waals surface area contributed by atoms with Crippen LogP contribution in [0.15, 0.2) is 29.4 Å². The maximum Gasteiger partial charge on any atom is 0.230 e. The predicted octanol–water partition coefficient (Wildman–Crippen LogP) is 3.64. The van der Waals surface area contributed by atoms with Crippen LogP contribution in [-0.2, 0) is 17.8 Å². The third-order valence-electron chi connectivity index (χ3n) is 4.84. The lowest BCUT2D eigenvalue weighted by Gasteiger charge is -2.07. The molecule has 0 radical (unpaired) electrons. The van der Waals surface area contributed by atoms with Gasteiger partial charge in [-0.3, -0.25) is 9.89 Å². The molecule has 1 aromatic carbocycles. The number of carbonyl (C=O) groups is 1. The van der Waals surface area contributed by atoms with Crippen molar-refractivity contribution in [1.29, 1.82) is 0 Å². The van der Waals surface area contributed by atoms with Crippen LogP contribution in [0.1, 0.15) is 49.1 Å². The number of thioether (sulfide) groups is 1. The highest BCUT2D eigenvalue weighted by molar-refractivity contribution is 7.99. The monoisotopic (exact) mass is 358 g/mol. The molecule has 6 heteroatoms. The first-order valence-corrected chi connectivity index (χ1v) is 10.0. The van der Waals surface area contributed by atoms with E-state index in [1.54, 1.807) is 0 Å². The molecule has 1 saturated carbocycles.